The van der Waals surface area contributed by atoms with Crippen molar-refractivity contribution in [2.45, 2.75) is 6.92 Å². The first-order valence-electron chi connectivity index (χ1n) is 4.25. The minimum atomic E-state index is -0.916. The number of allylic oxidation sites excluding steroid dienone is 3. The third kappa shape index (κ3) is 13.3. The number of carboxylic acids is 1. The van der Waals surface area contributed by atoms with Crippen LogP contribution in [0.4, 0.5) is 0 Å². The van der Waals surface area contributed by atoms with Crippen molar-refractivity contribution >= 4 is 5.97 Å². The Morgan fingerprint density at radius 2 is 1.79 bits per heavy atom. The summed E-state index contributed by atoms with van der Waals surface area (Å²) in [4.78, 5) is 12.3. The van der Waals surface area contributed by atoms with Crippen molar-refractivity contribution in [3.8, 4) is 0 Å². The molecule has 0 aliphatic heterocycles. The molecule has 0 amide bonds. The highest BCUT2D eigenvalue weighted by atomic mass is 16.4. The summed E-state index contributed by atoms with van der Waals surface area (Å²) < 4.78 is 0. The maximum Gasteiger partial charge on any atom is 0.335 e. The van der Waals surface area contributed by atoms with Gasteiger partial charge in [0.1, 0.15) is 0 Å². The van der Waals surface area contributed by atoms with Crippen molar-refractivity contribution in [2.75, 3.05) is 21.1 Å². The van der Waals surface area contributed by atoms with Crippen molar-refractivity contribution in [1.82, 2.24) is 4.90 Å². The normalized spacial score (nSPS) is 11.1. The van der Waals surface area contributed by atoms with Crippen LogP contribution in [0.25, 0.3) is 0 Å². The van der Waals surface area contributed by atoms with E-state index in [1.165, 1.54) is 18.2 Å². The fourth-order valence-electron chi connectivity index (χ4n) is 0.463. The van der Waals surface area contributed by atoms with Crippen LogP contribution in [0.3, 0.4) is 0 Å². The summed E-state index contributed by atoms with van der Waals surface area (Å²) in [6, 6.07) is 0. The maximum absolute atomic E-state index is 10.3. The van der Waals surface area contributed by atoms with Crippen molar-refractivity contribution in [3.63, 3.8) is 0 Å². The minimum absolute atomic E-state index is 0.278. The summed E-state index contributed by atoms with van der Waals surface area (Å²) in [6.45, 7) is 5.10. The van der Waals surface area contributed by atoms with Gasteiger partial charge in [-0.3, -0.25) is 0 Å². The summed E-state index contributed by atoms with van der Waals surface area (Å²) in [6.07, 6.45) is 6.15. The Balaban J connectivity index is 0. The van der Waals surface area contributed by atoms with E-state index in [-0.39, 0.29) is 5.57 Å². The van der Waals surface area contributed by atoms with Gasteiger partial charge in [0.25, 0.3) is 0 Å². The van der Waals surface area contributed by atoms with E-state index in [0.29, 0.717) is 0 Å². The topological polar surface area (TPSA) is 40.5 Å². The zero-order chi connectivity index (χ0) is 11.6. The van der Waals surface area contributed by atoms with E-state index in [1.54, 1.807) is 13.0 Å². The predicted molar refractivity (Wildman–Crippen MR) is 60.3 cm³/mol. The molecule has 0 aliphatic rings. The second kappa shape index (κ2) is 9.74. The molecule has 1 N–H and O–H groups in total. The van der Waals surface area contributed by atoms with Gasteiger partial charge in [0.05, 0.1) is 5.57 Å². The van der Waals surface area contributed by atoms with Crippen LogP contribution in [0, 0.1) is 0 Å². The van der Waals surface area contributed by atoms with Gasteiger partial charge < -0.3 is 10.0 Å². The van der Waals surface area contributed by atoms with Crippen LogP contribution in [0.2, 0.25) is 0 Å². The SMILES string of the molecule is C=C/C=C\C(=C/C)C(=O)O.CN(C)C. The summed E-state index contributed by atoms with van der Waals surface area (Å²) in [5.74, 6) is -0.916. The fraction of sp³-hybridized carbons (Fsp3) is 0.364. The van der Waals surface area contributed by atoms with Gasteiger partial charge in [-0.05, 0) is 34.1 Å². The van der Waals surface area contributed by atoms with E-state index in [2.05, 4.69) is 6.58 Å². The molecule has 0 atom stereocenters. The number of aliphatic carboxylic acids is 1. The van der Waals surface area contributed by atoms with Crippen LogP contribution >= 0.6 is 0 Å². The molecule has 0 aliphatic carbocycles. The molecule has 0 bridgehead atoms. The number of carbonyl (C=O) groups is 1. The predicted octanol–water partition coefficient (Wildman–Crippen LogP) is 1.94. The molecular weight excluding hydrogens is 178 g/mol. The number of carboxylic acid groups (broad SMARTS) is 1. The van der Waals surface area contributed by atoms with Crippen LogP contribution in [0.15, 0.2) is 36.5 Å². The Labute approximate surface area is 86.0 Å². The van der Waals surface area contributed by atoms with E-state index >= 15 is 0 Å². The van der Waals surface area contributed by atoms with Crippen molar-refractivity contribution < 1.29 is 9.90 Å². The first-order valence-corrected chi connectivity index (χ1v) is 4.25. The molecule has 0 saturated carbocycles. The van der Waals surface area contributed by atoms with E-state index in [4.69, 9.17) is 5.11 Å². The minimum Gasteiger partial charge on any atom is -0.478 e. The Hall–Kier alpha value is -1.35. The molecular formula is C11H19NO2. The van der Waals surface area contributed by atoms with Crippen LogP contribution in [0.1, 0.15) is 6.92 Å². The highest BCUT2D eigenvalue weighted by Crippen LogP contribution is 1.95. The van der Waals surface area contributed by atoms with Crippen LogP contribution in [0.5, 0.6) is 0 Å². The van der Waals surface area contributed by atoms with Gasteiger partial charge in [-0.1, -0.05) is 24.8 Å². The fourth-order valence-corrected chi connectivity index (χ4v) is 0.463. The Morgan fingerprint density at radius 3 is 2.00 bits per heavy atom. The Bertz CT molecular complexity index is 225. The summed E-state index contributed by atoms with van der Waals surface area (Å²) in [7, 11) is 6.00. The van der Waals surface area contributed by atoms with Gasteiger partial charge >= 0.3 is 5.97 Å². The highest BCUT2D eigenvalue weighted by molar-refractivity contribution is 5.89. The van der Waals surface area contributed by atoms with Gasteiger partial charge in [0.2, 0.25) is 0 Å². The van der Waals surface area contributed by atoms with Crippen LogP contribution in [-0.2, 0) is 4.79 Å². The zero-order valence-electron chi connectivity index (χ0n) is 9.32. The van der Waals surface area contributed by atoms with E-state index < -0.39 is 5.97 Å². The Morgan fingerprint density at radius 1 is 1.36 bits per heavy atom. The van der Waals surface area contributed by atoms with Gasteiger partial charge in [-0.25, -0.2) is 4.79 Å². The molecule has 3 nitrogen and oxygen atoms in total. The van der Waals surface area contributed by atoms with Crippen molar-refractivity contribution in [1.29, 1.82) is 0 Å². The molecule has 0 rings (SSSR count). The monoisotopic (exact) mass is 197 g/mol. The van der Waals surface area contributed by atoms with Gasteiger partial charge in [-0.15, -0.1) is 0 Å². The van der Waals surface area contributed by atoms with Crippen molar-refractivity contribution in [3.05, 3.63) is 36.5 Å². The van der Waals surface area contributed by atoms with Crippen molar-refractivity contribution in [2.24, 2.45) is 0 Å². The third-order valence-electron chi connectivity index (χ3n) is 0.970. The van der Waals surface area contributed by atoms with E-state index in [0.717, 1.165) is 0 Å². The molecule has 0 spiro atoms. The Kier molecular flexibility index (Phi) is 10.5. The molecule has 0 aromatic carbocycles. The average Bonchev–Trinajstić information content (AvgIpc) is 2.04. The molecule has 0 heterocycles. The number of hydrogen-bond donors (Lipinski definition) is 1. The molecule has 0 radical (unpaired) electrons. The van der Waals surface area contributed by atoms with Crippen LogP contribution < -0.4 is 0 Å². The van der Waals surface area contributed by atoms with Crippen LogP contribution in [-0.4, -0.2) is 37.1 Å². The number of rotatable bonds is 3. The van der Waals surface area contributed by atoms with E-state index in [9.17, 15) is 4.79 Å². The molecule has 0 saturated heterocycles. The highest BCUT2D eigenvalue weighted by Gasteiger charge is 1.97. The largest absolute Gasteiger partial charge is 0.478 e. The molecule has 0 aromatic heterocycles. The summed E-state index contributed by atoms with van der Waals surface area (Å²) in [5, 5.41) is 8.45. The first kappa shape index (κ1) is 15.1. The number of hydrogen-bond acceptors (Lipinski definition) is 2. The zero-order valence-corrected chi connectivity index (χ0v) is 9.32. The number of nitrogens with zero attached hydrogens (tertiary/aromatic N) is 1. The maximum atomic E-state index is 10.3. The quantitative estimate of drug-likeness (QED) is 0.555. The van der Waals surface area contributed by atoms with Gasteiger partial charge in [0, 0.05) is 0 Å². The molecule has 14 heavy (non-hydrogen) atoms. The molecule has 0 unspecified atom stereocenters. The smallest absolute Gasteiger partial charge is 0.335 e. The van der Waals surface area contributed by atoms with Gasteiger partial charge in [-0.2, -0.15) is 0 Å². The first-order chi connectivity index (χ1) is 6.45. The summed E-state index contributed by atoms with van der Waals surface area (Å²) in [5.41, 5.74) is 0.278. The lowest BCUT2D eigenvalue weighted by Gasteiger charge is -1.90. The molecule has 80 valence electrons. The second-order valence-electron chi connectivity index (χ2n) is 2.99. The average molecular weight is 197 g/mol. The standard InChI is InChI=1S/C8H10O2.C3H9N/c1-3-5-6-7(4-2)8(9)10;1-4(2)3/h3-6H,1H2,2H3,(H,9,10);1-3H3/b6-5-,7-4+;. The molecule has 0 fully saturated rings. The summed E-state index contributed by atoms with van der Waals surface area (Å²) >= 11 is 0. The lowest BCUT2D eigenvalue weighted by atomic mass is 10.2. The molecule has 0 aromatic rings. The van der Waals surface area contributed by atoms with E-state index in [1.807, 2.05) is 26.0 Å². The second-order valence-corrected chi connectivity index (χ2v) is 2.99. The third-order valence-corrected chi connectivity index (χ3v) is 0.970. The lowest BCUT2D eigenvalue weighted by molar-refractivity contribution is -0.132. The van der Waals surface area contributed by atoms with Gasteiger partial charge in [0.15, 0.2) is 0 Å². The lowest BCUT2D eigenvalue weighted by Crippen LogP contribution is -1.99. The molecule has 3 heteroatoms.